The zero-order valence-electron chi connectivity index (χ0n) is 14.0. The predicted octanol–water partition coefficient (Wildman–Crippen LogP) is 2.46. The maximum Gasteiger partial charge on any atom is 0.262 e. The van der Waals surface area contributed by atoms with E-state index >= 15 is 0 Å². The summed E-state index contributed by atoms with van der Waals surface area (Å²) in [5, 5.41) is 2.58. The first kappa shape index (κ1) is 16.1. The molecule has 24 heavy (non-hydrogen) atoms. The molecule has 124 valence electrons. The van der Waals surface area contributed by atoms with Crippen LogP contribution in [0.4, 0.5) is 5.69 Å². The molecule has 1 atom stereocenters. The lowest BCUT2D eigenvalue weighted by atomic mass is 10.0. The average Bonchev–Trinajstić information content (AvgIpc) is 2.61. The summed E-state index contributed by atoms with van der Waals surface area (Å²) in [5.41, 5.74) is 3.48. The molecule has 1 aliphatic rings. The molecule has 0 aliphatic carbocycles. The molecule has 3 rings (SSSR count). The number of hydrogen-bond acceptors (Lipinski definition) is 3. The molecule has 1 aliphatic heterocycles. The Morgan fingerprint density at radius 2 is 1.88 bits per heavy atom. The second kappa shape index (κ2) is 6.35. The summed E-state index contributed by atoms with van der Waals surface area (Å²) in [6.45, 7) is 4.17. The van der Waals surface area contributed by atoms with Crippen molar-refractivity contribution >= 4 is 17.5 Å². The van der Waals surface area contributed by atoms with Crippen molar-refractivity contribution in [1.29, 1.82) is 0 Å². The number of anilines is 1. The van der Waals surface area contributed by atoms with Crippen LogP contribution in [0, 0.1) is 13.8 Å². The number of nitrogens with one attached hydrogen (secondary N) is 1. The number of amides is 2. The molecule has 2 aromatic rings. The van der Waals surface area contributed by atoms with Gasteiger partial charge < -0.3 is 15.0 Å². The molecule has 2 aromatic carbocycles. The summed E-state index contributed by atoms with van der Waals surface area (Å²) in [6, 6.07) is 12.9. The van der Waals surface area contributed by atoms with Gasteiger partial charge in [0.1, 0.15) is 5.75 Å². The van der Waals surface area contributed by atoms with E-state index in [0.29, 0.717) is 17.0 Å². The van der Waals surface area contributed by atoms with E-state index < -0.39 is 6.10 Å². The summed E-state index contributed by atoms with van der Waals surface area (Å²) in [7, 11) is 1.56. The van der Waals surface area contributed by atoms with Gasteiger partial charge in [-0.05, 0) is 49.2 Å². The van der Waals surface area contributed by atoms with Crippen molar-refractivity contribution < 1.29 is 14.3 Å². The summed E-state index contributed by atoms with van der Waals surface area (Å²) in [5.74, 6) is 0.152. The molecule has 5 heteroatoms. The van der Waals surface area contributed by atoms with Gasteiger partial charge in [-0.25, -0.2) is 0 Å². The van der Waals surface area contributed by atoms with Gasteiger partial charge in [0.15, 0.2) is 6.10 Å². The van der Waals surface area contributed by atoms with Gasteiger partial charge in [0.05, 0.1) is 12.2 Å². The molecule has 5 nitrogen and oxygen atoms in total. The maximum absolute atomic E-state index is 13.0. The highest BCUT2D eigenvalue weighted by Gasteiger charge is 2.33. The van der Waals surface area contributed by atoms with Gasteiger partial charge in [-0.2, -0.15) is 0 Å². The Balaban J connectivity index is 1.99. The van der Waals surface area contributed by atoms with E-state index in [-0.39, 0.29) is 18.4 Å². The first-order valence-corrected chi connectivity index (χ1v) is 7.87. The van der Waals surface area contributed by atoms with Gasteiger partial charge in [-0.1, -0.05) is 18.2 Å². The molecule has 0 saturated heterocycles. The largest absolute Gasteiger partial charge is 0.477 e. The van der Waals surface area contributed by atoms with E-state index in [9.17, 15) is 9.59 Å². The molecular weight excluding hydrogens is 304 g/mol. The lowest BCUT2D eigenvalue weighted by Gasteiger charge is -2.34. The van der Waals surface area contributed by atoms with Crippen molar-refractivity contribution in [2.45, 2.75) is 20.0 Å². The molecule has 0 bridgehead atoms. The number of ether oxygens (including phenoxy) is 1. The number of likely N-dealkylation sites (N-methyl/N-ethyl adjacent to an activating group) is 1. The topological polar surface area (TPSA) is 58.6 Å². The van der Waals surface area contributed by atoms with E-state index in [4.69, 9.17) is 4.74 Å². The number of carbonyl (C=O) groups is 2. The predicted molar refractivity (Wildman–Crippen MR) is 92.5 cm³/mol. The number of fused-ring (bicyclic) bond motifs is 1. The molecule has 0 aromatic heterocycles. The average molecular weight is 324 g/mol. The number of aryl methyl sites for hydroxylation is 2. The molecule has 1 N–H and O–H groups in total. The van der Waals surface area contributed by atoms with Gasteiger partial charge >= 0.3 is 0 Å². The van der Waals surface area contributed by atoms with Gasteiger partial charge in [0, 0.05) is 12.6 Å². The quantitative estimate of drug-likeness (QED) is 0.923. The Labute approximate surface area is 141 Å². The number of para-hydroxylation sites is 2. The highest BCUT2D eigenvalue weighted by atomic mass is 16.5. The van der Waals surface area contributed by atoms with Gasteiger partial charge in [0.2, 0.25) is 0 Å². The highest BCUT2D eigenvalue weighted by molar-refractivity contribution is 6.08. The minimum atomic E-state index is -0.722. The van der Waals surface area contributed by atoms with Crippen LogP contribution in [0.25, 0.3) is 0 Å². The third-order valence-electron chi connectivity index (χ3n) is 4.31. The first-order valence-electron chi connectivity index (χ1n) is 7.87. The Morgan fingerprint density at radius 3 is 2.58 bits per heavy atom. The number of rotatable bonds is 2. The Hall–Kier alpha value is -2.82. The van der Waals surface area contributed by atoms with E-state index in [2.05, 4.69) is 5.32 Å². The lowest BCUT2D eigenvalue weighted by molar-refractivity contribution is -0.127. The standard InChI is InChI=1S/C19H20N2O3/c1-12-8-9-14(10-13(12)2)19(23)21-11-17(18(22)20-3)24-16-7-5-4-6-15(16)21/h4-10,17H,11H2,1-3H3,(H,20,22)/t17-/m1/s1. The zero-order valence-corrected chi connectivity index (χ0v) is 14.0. The number of carbonyl (C=O) groups excluding carboxylic acids is 2. The van der Waals surface area contributed by atoms with Crippen molar-refractivity contribution in [1.82, 2.24) is 5.32 Å². The number of hydrogen-bond donors (Lipinski definition) is 1. The van der Waals surface area contributed by atoms with E-state index in [0.717, 1.165) is 11.1 Å². The SMILES string of the molecule is CNC(=O)[C@H]1CN(C(=O)c2ccc(C)c(C)c2)c2ccccc2O1. The zero-order chi connectivity index (χ0) is 17.3. The van der Waals surface area contributed by atoms with Crippen molar-refractivity contribution in [3.05, 3.63) is 59.2 Å². The molecule has 0 saturated carbocycles. The smallest absolute Gasteiger partial charge is 0.262 e. The molecule has 2 amide bonds. The molecule has 0 spiro atoms. The molecular formula is C19H20N2O3. The fourth-order valence-electron chi connectivity index (χ4n) is 2.75. The third-order valence-corrected chi connectivity index (χ3v) is 4.31. The van der Waals surface area contributed by atoms with E-state index in [1.54, 1.807) is 18.0 Å². The summed E-state index contributed by atoms with van der Waals surface area (Å²) >= 11 is 0. The fraction of sp³-hybridized carbons (Fsp3) is 0.263. The monoisotopic (exact) mass is 324 g/mol. The lowest BCUT2D eigenvalue weighted by Crippen LogP contribution is -2.50. The van der Waals surface area contributed by atoms with Crippen LogP contribution < -0.4 is 15.0 Å². The van der Waals surface area contributed by atoms with Gasteiger partial charge in [0.25, 0.3) is 11.8 Å². The van der Waals surface area contributed by atoms with Crippen molar-refractivity contribution in [3.63, 3.8) is 0 Å². The molecule has 0 unspecified atom stereocenters. The van der Waals surface area contributed by atoms with Crippen LogP contribution in [0.3, 0.4) is 0 Å². The second-order valence-corrected chi connectivity index (χ2v) is 5.90. The number of nitrogens with zero attached hydrogens (tertiary/aromatic N) is 1. The minimum absolute atomic E-state index is 0.136. The highest BCUT2D eigenvalue weighted by Crippen LogP contribution is 2.34. The molecule has 0 fully saturated rings. The van der Waals surface area contributed by atoms with E-state index in [1.165, 1.54) is 0 Å². The van der Waals surface area contributed by atoms with Gasteiger partial charge in [-0.15, -0.1) is 0 Å². The number of benzene rings is 2. The summed E-state index contributed by atoms with van der Waals surface area (Å²) < 4.78 is 5.74. The van der Waals surface area contributed by atoms with Crippen LogP contribution in [0.2, 0.25) is 0 Å². The Bertz CT molecular complexity index is 801. The minimum Gasteiger partial charge on any atom is -0.477 e. The third kappa shape index (κ3) is 2.85. The molecule has 1 heterocycles. The second-order valence-electron chi connectivity index (χ2n) is 5.90. The van der Waals surface area contributed by atoms with Gasteiger partial charge in [-0.3, -0.25) is 9.59 Å². The van der Waals surface area contributed by atoms with Crippen molar-refractivity contribution in [3.8, 4) is 5.75 Å². The van der Waals surface area contributed by atoms with Crippen LogP contribution in [0.15, 0.2) is 42.5 Å². The Kier molecular flexibility index (Phi) is 4.25. The van der Waals surface area contributed by atoms with E-state index in [1.807, 2.05) is 50.2 Å². The van der Waals surface area contributed by atoms with Crippen LogP contribution in [0.5, 0.6) is 5.75 Å². The maximum atomic E-state index is 13.0. The summed E-state index contributed by atoms with van der Waals surface area (Å²) in [6.07, 6.45) is -0.722. The van der Waals surface area contributed by atoms with Crippen LogP contribution in [-0.4, -0.2) is 31.5 Å². The fourth-order valence-corrected chi connectivity index (χ4v) is 2.75. The van der Waals surface area contributed by atoms with Crippen LogP contribution >= 0.6 is 0 Å². The normalized spacial score (nSPS) is 16.1. The van der Waals surface area contributed by atoms with Crippen molar-refractivity contribution in [2.24, 2.45) is 0 Å². The van der Waals surface area contributed by atoms with Crippen LogP contribution in [-0.2, 0) is 4.79 Å². The first-order chi connectivity index (χ1) is 11.5. The van der Waals surface area contributed by atoms with Crippen LogP contribution in [0.1, 0.15) is 21.5 Å². The Morgan fingerprint density at radius 1 is 1.12 bits per heavy atom. The summed E-state index contributed by atoms with van der Waals surface area (Å²) in [4.78, 5) is 26.6. The van der Waals surface area contributed by atoms with Crippen molar-refractivity contribution in [2.75, 3.05) is 18.5 Å². The molecule has 0 radical (unpaired) electrons.